The summed E-state index contributed by atoms with van der Waals surface area (Å²) in [6.45, 7) is 3.56. The van der Waals surface area contributed by atoms with Crippen molar-refractivity contribution in [3.8, 4) is 0 Å². The van der Waals surface area contributed by atoms with E-state index < -0.39 is 9.84 Å². The molecule has 24 heavy (non-hydrogen) atoms. The number of sulfone groups is 1. The van der Waals surface area contributed by atoms with Gasteiger partial charge in [0.05, 0.1) is 27.6 Å². The summed E-state index contributed by atoms with van der Waals surface area (Å²) >= 11 is 13.4. The number of hydrogen-bond donors (Lipinski definition) is 0. The van der Waals surface area contributed by atoms with Crippen LogP contribution in [0, 0.1) is 5.92 Å². The molecule has 9 heteroatoms. The summed E-state index contributed by atoms with van der Waals surface area (Å²) in [5, 5.41) is 1.18. The second-order valence-electron chi connectivity index (χ2n) is 6.16. The Hall–Kier alpha value is -0.760. The summed E-state index contributed by atoms with van der Waals surface area (Å²) in [6, 6.07) is 4.84. The Kier molecular flexibility index (Phi) is 4.90. The Labute approximate surface area is 155 Å². The van der Waals surface area contributed by atoms with E-state index in [0.717, 1.165) is 0 Å². The minimum atomic E-state index is -3.09. The van der Waals surface area contributed by atoms with Crippen LogP contribution in [0.1, 0.15) is 13.8 Å². The molecule has 2 aliphatic heterocycles. The number of thioether (sulfide) groups is 1. The topological polar surface area (TPSA) is 66.8 Å². The third-order valence-corrected chi connectivity index (χ3v) is 7.90. The van der Waals surface area contributed by atoms with Crippen LogP contribution < -0.4 is 4.90 Å². The zero-order valence-electron chi connectivity index (χ0n) is 13.1. The van der Waals surface area contributed by atoms with Crippen LogP contribution in [-0.4, -0.2) is 42.3 Å². The average Bonchev–Trinajstić information content (AvgIpc) is 2.93. The Bertz CT molecular complexity index is 824. The van der Waals surface area contributed by atoms with Crippen LogP contribution in [-0.2, 0) is 14.6 Å². The Balaban J connectivity index is 2.04. The quantitative estimate of drug-likeness (QED) is 0.753. The van der Waals surface area contributed by atoms with Crippen molar-refractivity contribution in [1.29, 1.82) is 0 Å². The number of halogens is 2. The molecule has 2 aliphatic rings. The summed E-state index contributed by atoms with van der Waals surface area (Å²) in [5.74, 6) is -0.321. The molecule has 0 aliphatic carbocycles. The van der Waals surface area contributed by atoms with Gasteiger partial charge in [-0.05, 0) is 18.2 Å². The summed E-state index contributed by atoms with van der Waals surface area (Å²) in [5.41, 5.74) is 0.691. The van der Waals surface area contributed by atoms with Crippen molar-refractivity contribution < 1.29 is 13.2 Å². The first kappa shape index (κ1) is 18.0. The predicted molar refractivity (Wildman–Crippen MR) is 100 cm³/mol. The molecule has 2 saturated heterocycles. The van der Waals surface area contributed by atoms with Gasteiger partial charge in [0.25, 0.3) is 5.91 Å². The van der Waals surface area contributed by atoms with Crippen molar-refractivity contribution in [2.24, 2.45) is 10.9 Å². The number of carbonyl (C=O) groups is 1. The third kappa shape index (κ3) is 3.45. The first-order valence-corrected chi connectivity index (χ1v) is 10.9. The van der Waals surface area contributed by atoms with Gasteiger partial charge in [-0.2, -0.15) is 4.99 Å². The van der Waals surface area contributed by atoms with E-state index in [1.807, 2.05) is 4.90 Å². The number of amidine groups is 1. The molecule has 5 nitrogen and oxygen atoms in total. The zero-order chi connectivity index (χ0) is 17.6. The van der Waals surface area contributed by atoms with Gasteiger partial charge in [0.1, 0.15) is 0 Å². The average molecular weight is 407 g/mol. The molecule has 0 N–H and O–H groups in total. The molecule has 0 bridgehead atoms. The molecule has 2 atom stereocenters. The van der Waals surface area contributed by atoms with E-state index in [0.29, 0.717) is 20.9 Å². The standard InChI is InChI=1S/C15H16Cl2N2O3S2/c1-8(2)14(20)18-15-19(9-3-4-10(16)11(17)5-9)12-6-24(21,22)7-13(12)23-15/h3-5,8,12-13H,6-7H2,1-2H3/t12-,13+/m1/s1. The summed E-state index contributed by atoms with van der Waals surface area (Å²) in [7, 11) is -3.09. The van der Waals surface area contributed by atoms with Gasteiger partial charge in [0.15, 0.2) is 15.0 Å². The van der Waals surface area contributed by atoms with E-state index in [4.69, 9.17) is 23.2 Å². The smallest absolute Gasteiger partial charge is 0.250 e. The second-order valence-corrected chi connectivity index (χ2v) is 10.3. The fourth-order valence-electron chi connectivity index (χ4n) is 2.72. The van der Waals surface area contributed by atoms with E-state index in [9.17, 15) is 13.2 Å². The minimum Gasteiger partial charge on any atom is -0.316 e. The predicted octanol–water partition coefficient (Wildman–Crippen LogP) is 3.25. The highest BCUT2D eigenvalue weighted by Crippen LogP contribution is 2.42. The molecule has 1 aromatic carbocycles. The van der Waals surface area contributed by atoms with E-state index in [1.165, 1.54) is 11.8 Å². The van der Waals surface area contributed by atoms with Gasteiger partial charge >= 0.3 is 0 Å². The van der Waals surface area contributed by atoms with Crippen molar-refractivity contribution in [2.75, 3.05) is 16.4 Å². The number of benzene rings is 1. The van der Waals surface area contributed by atoms with Crippen LogP contribution in [0.3, 0.4) is 0 Å². The van der Waals surface area contributed by atoms with Gasteiger partial charge in [-0.1, -0.05) is 48.8 Å². The van der Waals surface area contributed by atoms with Crippen LogP contribution in [0.2, 0.25) is 10.0 Å². The van der Waals surface area contributed by atoms with Gasteiger partial charge in [-0.15, -0.1) is 0 Å². The fourth-order valence-corrected chi connectivity index (χ4v) is 6.94. The molecule has 0 unspecified atom stereocenters. The normalized spacial score (nSPS) is 27.0. The molecule has 1 aromatic rings. The van der Waals surface area contributed by atoms with Gasteiger partial charge < -0.3 is 4.90 Å². The first-order valence-electron chi connectivity index (χ1n) is 7.42. The maximum Gasteiger partial charge on any atom is 0.250 e. The summed E-state index contributed by atoms with van der Waals surface area (Å²) in [6.07, 6.45) is 0. The number of hydrogen-bond acceptors (Lipinski definition) is 4. The number of amides is 1. The number of fused-ring (bicyclic) bond motifs is 1. The Morgan fingerprint density at radius 3 is 2.62 bits per heavy atom. The lowest BCUT2D eigenvalue weighted by Crippen LogP contribution is -2.37. The number of nitrogens with zero attached hydrogens (tertiary/aromatic N) is 2. The molecule has 130 valence electrons. The molecule has 3 rings (SSSR count). The van der Waals surface area contributed by atoms with Crippen LogP contribution >= 0.6 is 35.0 Å². The third-order valence-electron chi connectivity index (χ3n) is 3.95. The molecule has 2 fully saturated rings. The van der Waals surface area contributed by atoms with Crippen molar-refractivity contribution >= 4 is 61.6 Å². The van der Waals surface area contributed by atoms with Crippen LogP contribution in [0.15, 0.2) is 23.2 Å². The van der Waals surface area contributed by atoms with E-state index in [-0.39, 0.29) is 34.6 Å². The monoisotopic (exact) mass is 406 g/mol. The number of aliphatic imine (C=N–C) groups is 1. The highest BCUT2D eigenvalue weighted by Gasteiger charge is 2.49. The van der Waals surface area contributed by atoms with Crippen LogP contribution in [0.5, 0.6) is 0 Å². The first-order chi connectivity index (χ1) is 11.2. The lowest BCUT2D eigenvalue weighted by Gasteiger charge is -2.25. The molecule has 0 radical (unpaired) electrons. The lowest BCUT2D eigenvalue weighted by molar-refractivity contribution is -0.120. The summed E-state index contributed by atoms with van der Waals surface area (Å²) in [4.78, 5) is 18.1. The van der Waals surface area contributed by atoms with Gasteiger partial charge in [-0.3, -0.25) is 4.79 Å². The largest absolute Gasteiger partial charge is 0.316 e. The highest BCUT2D eigenvalue weighted by atomic mass is 35.5. The molecule has 0 spiro atoms. The molecular formula is C15H16Cl2N2O3S2. The van der Waals surface area contributed by atoms with Gasteiger partial charge in [-0.25, -0.2) is 8.42 Å². The van der Waals surface area contributed by atoms with Crippen LogP contribution in [0.4, 0.5) is 5.69 Å². The Morgan fingerprint density at radius 2 is 2.00 bits per heavy atom. The lowest BCUT2D eigenvalue weighted by atomic mass is 10.2. The maximum atomic E-state index is 12.1. The zero-order valence-corrected chi connectivity index (χ0v) is 16.2. The fraction of sp³-hybridized carbons (Fsp3) is 0.467. The maximum absolute atomic E-state index is 12.1. The van der Waals surface area contributed by atoms with Crippen molar-refractivity contribution in [3.63, 3.8) is 0 Å². The SMILES string of the molecule is CC(C)C(=O)N=C1S[C@H]2CS(=O)(=O)C[C@H]2N1c1ccc(Cl)c(Cl)c1. The Morgan fingerprint density at radius 1 is 1.29 bits per heavy atom. The van der Waals surface area contributed by atoms with E-state index in [1.54, 1.807) is 32.0 Å². The van der Waals surface area contributed by atoms with Gasteiger partial charge in [0, 0.05) is 16.9 Å². The molecular weight excluding hydrogens is 391 g/mol. The van der Waals surface area contributed by atoms with Gasteiger partial charge in [0.2, 0.25) is 0 Å². The number of carbonyl (C=O) groups excluding carboxylic acids is 1. The van der Waals surface area contributed by atoms with Crippen LogP contribution in [0.25, 0.3) is 0 Å². The molecule has 2 heterocycles. The molecule has 0 saturated carbocycles. The van der Waals surface area contributed by atoms with Crippen molar-refractivity contribution in [1.82, 2.24) is 0 Å². The number of anilines is 1. The van der Waals surface area contributed by atoms with Crippen molar-refractivity contribution in [2.45, 2.75) is 25.1 Å². The highest BCUT2D eigenvalue weighted by molar-refractivity contribution is 8.16. The molecule has 0 aromatic heterocycles. The molecule has 1 amide bonds. The van der Waals surface area contributed by atoms with E-state index in [2.05, 4.69) is 4.99 Å². The van der Waals surface area contributed by atoms with Crippen molar-refractivity contribution in [3.05, 3.63) is 28.2 Å². The minimum absolute atomic E-state index is 0.0415. The summed E-state index contributed by atoms with van der Waals surface area (Å²) < 4.78 is 24.0. The second kappa shape index (κ2) is 6.52. The number of rotatable bonds is 2. The van der Waals surface area contributed by atoms with E-state index >= 15 is 0 Å².